The summed E-state index contributed by atoms with van der Waals surface area (Å²) < 4.78 is 0. The third kappa shape index (κ3) is 3.10. The second-order valence-electron chi connectivity index (χ2n) is 2.83. The smallest absolute Gasteiger partial charge is 0.324 e. The van der Waals surface area contributed by atoms with Crippen LogP contribution >= 0.6 is 11.3 Å². The highest BCUT2D eigenvalue weighted by molar-refractivity contribution is 7.11. The van der Waals surface area contributed by atoms with E-state index in [2.05, 4.69) is 9.82 Å². The summed E-state index contributed by atoms with van der Waals surface area (Å²) >= 11 is 1.08. The van der Waals surface area contributed by atoms with E-state index in [0.29, 0.717) is 5.06 Å². The molecule has 1 aliphatic heterocycles. The summed E-state index contributed by atoms with van der Waals surface area (Å²) in [6, 6.07) is 0. The van der Waals surface area contributed by atoms with Gasteiger partial charge in [-0.3, -0.25) is 14.6 Å². The average Bonchev–Trinajstić information content (AvgIpc) is 2.97. The summed E-state index contributed by atoms with van der Waals surface area (Å²) in [7, 11) is 0. The number of rotatable bonds is 2. The quantitative estimate of drug-likeness (QED) is 0.747. The molecule has 0 unspecified atom stereocenters. The van der Waals surface area contributed by atoms with E-state index in [0.717, 1.165) is 11.3 Å². The minimum absolute atomic E-state index is 0.0921. The maximum absolute atomic E-state index is 11.4. The molecule has 2 amide bonds. The molecular formula is C10H12N2O4S. The zero-order valence-corrected chi connectivity index (χ0v) is 10.3. The number of carbonyl (C=O) groups is 3. The molecule has 0 radical (unpaired) electrons. The van der Waals surface area contributed by atoms with Crippen LogP contribution in [0.5, 0.6) is 0 Å². The molecule has 1 aromatic heterocycles. The predicted molar refractivity (Wildman–Crippen MR) is 60.0 cm³/mol. The Morgan fingerprint density at radius 1 is 1.35 bits per heavy atom. The van der Waals surface area contributed by atoms with Crippen molar-refractivity contribution < 1.29 is 19.2 Å². The van der Waals surface area contributed by atoms with E-state index in [1.165, 1.54) is 11.7 Å². The Morgan fingerprint density at radius 2 is 1.94 bits per heavy atom. The van der Waals surface area contributed by atoms with E-state index in [-0.39, 0.29) is 17.7 Å². The van der Waals surface area contributed by atoms with Gasteiger partial charge in [0.15, 0.2) is 0 Å². The third-order valence-corrected chi connectivity index (χ3v) is 2.57. The van der Waals surface area contributed by atoms with Crippen LogP contribution in [-0.4, -0.2) is 27.8 Å². The molecule has 2 heterocycles. The molecule has 0 spiro atoms. The molecular weight excluding hydrogens is 244 g/mol. The van der Waals surface area contributed by atoms with E-state index in [4.69, 9.17) is 0 Å². The molecule has 17 heavy (non-hydrogen) atoms. The van der Waals surface area contributed by atoms with Crippen molar-refractivity contribution in [2.24, 2.45) is 0 Å². The monoisotopic (exact) mass is 256 g/mol. The number of hydroxylamine groups is 2. The summed E-state index contributed by atoms with van der Waals surface area (Å²) in [6.07, 6.45) is 1.50. The normalized spacial score (nSPS) is 14.4. The predicted octanol–water partition coefficient (Wildman–Crippen LogP) is 1.39. The van der Waals surface area contributed by atoms with Crippen LogP contribution in [0.2, 0.25) is 0 Å². The van der Waals surface area contributed by atoms with Crippen molar-refractivity contribution in [2.45, 2.75) is 26.7 Å². The van der Waals surface area contributed by atoms with Gasteiger partial charge >= 0.3 is 5.97 Å². The van der Waals surface area contributed by atoms with Crippen molar-refractivity contribution in [3.05, 3.63) is 16.6 Å². The minimum Gasteiger partial charge on any atom is -0.324 e. The first kappa shape index (κ1) is 13.3. The topological polar surface area (TPSA) is 76.6 Å². The fraction of sp³-hybridized carbons (Fsp3) is 0.400. The van der Waals surface area contributed by atoms with Gasteiger partial charge in [0.1, 0.15) is 4.88 Å². The van der Waals surface area contributed by atoms with Gasteiger partial charge in [0.25, 0.3) is 11.8 Å². The Hall–Kier alpha value is -1.76. The van der Waals surface area contributed by atoms with Gasteiger partial charge in [-0.25, -0.2) is 4.79 Å². The molecule has 1 saturated heterocycles. The molecule has 92 valence electrons. The fourth-order valence-electron chi connectivity index (χ4n) is 1.10. The van der Waals surface area contributed by atoms with Gasteiger partial charge in [0, 0.05) is 12.8 Å². The van der Waals surface area contributed by atoms with Crippen molar-refractivity contribution in [1.82, 2.24) is 10.0 Å². The van der Waals surface area contributed by atoms with Crippen LogP contribution in [0.4, 0.5) is 0 Å². The van der Waals surface area contributed by atoms with Crippen LogP contribution in [0.15, 0.2) is 11.7 Å². The highest BCUT2D eigenvalue weighted by atomic mass is 32.1. The summed E-state index contributed by atoms with van der Waals surface area (Å²) in [6.45, 7) is 4.00. The molecule has 7 heteroatoms. The van der Waals surface area contributed by atoms with Crippen LogP contribution in [0.3, 0.4) is 0 Å². The van der Waals surface area contributed by atoms with Crippen LogP contribution < -0.4 is 0 Å². The van der Waals surface area contributed by atoms with E-state index in [1.54, 1.807) is 0 Å². The average molecular weight is 256 g/mol. The van der Waals surface area contributed by atoms with Crippen molar-refractivity contribution in [2.75, 3.05) is 0 Å². The largest absolute Gasteiger partial charge is 0.375 e. The first-order valence-electron chi connectivity index (χ1n) is 5.15. The summed E-state index contributed by atoms with van der Waals surface area (Å²) in [5.74, 6) is -1.71. The summed E-state index contributed by atoms with van der Waals surface area (Å²) in [4.78, 5) is 42.1. The molecule has 1 aliphatic rings. The van der Waals surface area contributed by atoms with Crippen LogP contribution in [0.25, 0.3) is 0 Å². The van der Waals surface area contributed by atoms with E-state index >= 15 is 0 Å². The van der Waals surface area contributed by atoms with Gasteiger partial charge in [0.2, 0.25) is 0 Å². The van der Waals surface area contributed by atoms with Crippen molar-refractivity contribution in [1.29, 1.82) is 0 Å². The molecule has 2 rings (SSSR count). The lowest BCUT2D eigenvalue weighted by atomic mass is 10.4. The molecule has 0 N–H and O–H groups in total. The highest BCUT2D eigenvalue weighted by Crippen LogP contribution is 2.15. The molecule has 0 bridgehead atoms. The maximum Gasteiger partial charge on any atom is 0.375 e. The van der Waals surface area contributed by atoms with Gasteiger partial charge in [-0.2, -0.15) is 0 Å². The first-order valence-corrected chi connectivity index (χ1v) is 6.03. The number of hydrogen-bond donors (Lipinski definition) is 0. The van der Waals surface area contributed by atoms with Crippen LogP contribution in [0.1, 0.15) is 36.4 Å². The van der Waals surface area contributed by atoms with Gasteiger partial charge < -0.3 is 4.84 Å². The number of carbonyl (C=O) groups excluding carboxylic acids is 3. The molecule has 0 atom stereocenters. The molecule has 6 nitrogen and oxygen atoms in total. The Morgan fingerprint density at radius 3 is 2.41 bits per heavy atom. The number of thiazole rings is 1. The summed E-state index contributed by atoms with van der Waals surface area (Å²) in [5.41, 5.74) is 1.46. The zero-order chi connectivity index (χ0) is 12.8. The number of hydrogen-bond acceptors (Lipinski definition) is 6. The molecule has 1 fully saturated rings. The zero-order valence-electron chi connectivity index (χ0n) is 9.50. The van der Waals surface area contributed by atoms with Crippen LogP contribution in [-0.2, 0) is 14.4 Å². The van der Waals surface area contributed by atoms with Gasteiger partial charge in [-0.05, 0) is 0 Å². The Balaban J connectivity index is 0.000000686. The lowest BCUT2D eigenvalue weighted by molar-refractivity contribution is -0.172. The molecule has 0 aliphatic carbocycles. The SMILES string of the molecule is CC.O=C(ON1C(=O)CCC1=O)c1cncs1. The van der Waals surface area contributed by atoms with Crippen molar-refractivity contribution in [3.63, 3.8) is 0 Å². The van der Waals surface area contributed by atoms with Gasteiger partial charge in [-0.15, -0.1) is 16.4 Å². The Bertz CT molecular complexity index is 400. The Kier molecular flexibility index (Phi) is 4.77. The number of amides is 2. The fourth-order valence-corrected chi connectivity index (χ4v) is 1.59. The third-order valence-electron chi connectivity index (χ3n) is 1.81. The molecule has 0 saturated carbocycles. The van der Waals surface area contributed by atoms with Gasteiger partial charge in [-0.1, -0.05) is 13.8 Å². The molecule has 1 aromatic rings. The van der Waals surface area contributed by atoms with Crippen molar-refractivity contribution >= 4 is 29.1 Å². The second-order valence-corrected chi connectivity index (χ2v) is 3.71. The first-order chi connectivity index (χ1) is 8.18. The minimum atomic E-state index is -0.735. The lowest BCUT2D eigenvalue weighted by Crippen LogP contribution is -2.31. The number of aromatic nitrogens is 1. The van der Waals surface area contributed by atoms with Gasteiger partial charge in [0.05, 0.1) is 11.7 Å². The second kappa shape index (κ2) is 6.09. The number of imide groups is 1. The maximum atomic E-state index is 11.4. The van der Waals surface area contributed by atoms with E-state index in [9.17, 15) is 14.4 Å². The summed E-state index contributed by atoms with van der Waals surface area (Å²) in [5, 5.41) is 0.516. The van der Waals surface area contributed by atoms with E-state index in [1.807, 2.05) is 13.8 Å². The molecule has 0 aromatic carbocycles. The van der Waals surface area contributed by atoms with E-state index < -0.39 is 17.8 Å². The van der Waals surface area contributed by atoms with Crippen molar-refractivity contribution in [3.8, 4) is 0 Å². The standard InChI is InChI=1S/C8H6N2O4S.C2H6/c11-6-1-2-7(12)10(6)14-8(13)5-3-9-4-15-5;1-2/h3-4H,1-2H2;1-2H3. The number of nitrogens with zero attached hydrogens (tertiary/aromatic N) is 2. The van der Waals surface area contributed by atoms with Crippen LogP contribution in [0, 0.1) is 0 Å². The lowest BCUT2D eigenvalue weighted by Gasteiger charge is -2.10. The Labute approximate surface area is 102 Å². The highest BCUT2D eigenvalue weighted by Gasteiger charge is 2.33.